The summed E-state index contributed by atoms with van der Waals surface area (Å²) in [5.74, 6) is -1.70. The van der Waals surface area contributed by atoms with Crippen LogP contribution in [0.25, 0.3) is 0 Å². The molecule has 3 heterocycles. The third kappa shape index (κ3) is 2.83. The maximum Gasteiger partial charge on any atom is 0.335 e. The second-order valence-electron chi connectivity index (χ2n) is 5.48. The van der Waals surface area contributed by atoms with Gasteiger partial charge in [-0.05, 0) is 11.4 Å². The van der Waals surface area contributed by atoms with Gasteiger partial charge in [-0.3, -0.25) is 19.4 Å². The van der Waals surface area contributed by atoms with Gasteiger partial charge in [0.2, 0.25) is 0 Å². The van der Waals surface area contributed by atoms with E-state index in [1.807, 2.05) is 0 Å². The summed E-state index contributed by atoms with van der Waals surface area (Å²) in [6.07, 6.45) is 0. The van der Waals surface area contributed by atoms with Crippen LogP contribution in [0.4, 0.5) is 4.79 Å². The van der Waals surface area contributed by atoms with Gasteiger partial charge >= 0.3 is 17.8 Å². The summed E-state index contributed by atoms with van der Waals surface area (Å²) in [5.41, 5.74) is 0. The number of amides is 4. The maximum absolute atomic E-state index is 12.4. The lowest BCUT2D eigenvalue weighted by atomic mass is 10.4. The number of piperazine rings is 1. The van der Waals surface area contributed by atoms with E-state index < -0.39 is 27.9 Å². The normalized spacial score (nSPS) is 21.1. The zero-order chi connectivity index (χ0) is 17.5. The summed E-state index contributed by atoms with van der Waals surface area (Å²) in [5, 5.41) is 1.71. The monoisotopic (exact) mass is 372 g/mol. The molecule has 0 unspecified atom stereocenters. The van der Waals surface area contributed by atoms with Crippen molar-refractivity contribution in [1.82, 2.24) is 19.0 Å². The number of hydrogen-bond acceptors (Lipinski definition) is 7. The van der Waals surface area contributed by atoms with Crippen molar-refractivity contribution >= 4 is 39.2 Å². The highest BCUT2D eigenvalue weighted by Crippen LogP contribution is 2.22. The third-order valence-corrected chi connectivity index (χ3v) is 7.28. The Bertz CT molecular complexity index is 768. The summed E-state index contributed by atoms with van der Waals surface area (Å²) in [6, 6.07) is 2.60. The molecular formula is C13H16N4O5S2. The molecule has 0 N–H and O–H groups in total. The molecule has 24 heavy (non-hydrogen) atoms. The Hall–Kier alpha value is -1.82. The topological polar surface area (TPSA) is 98.3 Å². The van der Waals surface area contributed by atoms with Gasteiger partial charge in [-0.15, -0.1) is 11.3 Å². The molecule has 0 spiro atoms. The average Bonchev–Trinajstić information content (AvgIpc) is 3.17. The van der Waals surface area contributed by atoms with E-state index in [0.717, 1.165) is 9.80 Å². The van der Waals surface area contributed by atoms with Crippen molar-refractivity contribution in [2.45, 2.75) is 4.21 Å². The number of sulfonamides is 1. The molecule has 2 fully saturated rings. The number of thiophene rings is 1. The van der Waals surface area contributed by atoms with Crippen molar-refractivity contribution in [1.29, 1.82) is 0 Å². The quantitative estimate of drug-likeness (QED) is 0.519. The van der Waals surface area contributed by atoms with Gasteiger partial charge in [-0.1, -0.05) is 6.07 Å². The van der Waals surface area contributed by atoms with Crippen molar-refractivity contribution in [3.63, 3.8) is 0 Å². The first-order valence-electron chi connectivity index (χ1n) is 7.22. The molecule has 9 nitrogen and oxygen atoms in total. The van der Waals surface area contributed by atoms with Crippen LogP contribution in [0, 0.1) is 0 Å². The number of imide groups is 2. The molecule has 1 aromatic rings. The molecule has 0 radical (unpaired) electrons. The van der Waals surface area contributed by atoms with Crippen LogP contribution in [0.2, 0.25) is 0 Å². The van der Waals surface area contributed by atoms with Gasteiger partial charge in [-0.25, -0.2) is 18.1 Å². The van der Waals surface area contributed by atoms with Gasteiger partial charge in [0.1, 0.15) is 4.21 Å². The molecule has 0 bridgehead atoms. The molecular weight excluding hydrogens is 356 g/mol. The second-order valence-corrected chi connectivity index (χ2v) is 8.59. The van der Waals surface area contributed by atoms with E-state index in [-0.39, 0.29) is 19.8 Å². The van der Waals surface area contributed by atoms with Crippen molar-refractivity contribution in [3.05, 3.63) is 17.5 Å². The maximum atomic E-state index is 12.4. The van der Waals surface area contributed by atoms with Gasteiger partial charge in [0.25, 0.3) is 10.0 Å². The molecule has 0 aliphatic carbocycles. The molecule has 0 aromatic carbocycles. The highest BCUT2D eigenvalue weighted by Gasteiger charge is 2.43. The summed E-state index contributed by atoms with van der Waals surface area (Å²) in [4.78, 5) is 38.5. The minimum absolute atomic E-state index is 0.0133. The van der Waals surface area contributed by atoms with Crippen LogP contribution >= 0.6 is 11.3 Å². The zero-order valence-electron chi connectivity index (χ0n) is 12.9. The lowest BCUT2D eigenvalue weighted by Gasteiger charge is -2.34. The molecule has 2 aliphatic rings. The molecule has 4 amide bonds. The van der Waals surface area contributed by atoms with Crippen molar-refractivity contribution in [2.75, 3.05) is 39.9 Å². The van der Waals surface area contributed by atoms with Crippen LogP contribution in [0.5, 0.6) is 0 Å². The minimum atomic E-state index is -3.49. The number of urea groups is 1. The first-order chi connectivity index (χ1) is 11.3. The van der Waals surface area contributed by atoms with Crippen LogP contribution in [0.15, 0.2) is 21.7 Å². The summed E-state index contributed by atoms with van der Waals surface area (Å²) in [7, 11) is -2.24. The van der Waals surface area contributed by atoms with Gasteiger partial charge in [0.15, 0.2) is 0 Å². The molecule has 3 rings (SSSR count). The molecule has 0 atom stereocenters. The minimum Gasteiger partial charge on any atom is -0.283 e. The van der Waals surface area contributed by atoms with E-state index in [1.165, 1.54) is 22.7 Å². The Morgan fingerprint density at radius 2 is 1.75 bits per heavy atom. The standard InChI is InChI=1S/C13H16N4O5S2/c1-14-11(18)12(19)17(13(14)20)9-15-4-6-16(7-5-15)24(21,22)10-3-2-8-23-10/h2-3,8H,4-7,9H2,1H3. The van der Waals surface area contributed by atoms with E-state index in [2.05, 4.69) is 0 Å². The lowest BCUT2D eigenvalue weighted by Crippen LogP contribution is -2.52. The SMILES string of the molecule is CN1C(=O)C(=O)N(CN2CCN(S(=O)(=O)c3cccs3)CC2)C1=O. The van der Waals surface area contributed by atoms with E-state index >= 15 is 0 Å². The van der Waals surface area contributed by atoms with Gasteiger partial charge in [-0.2, -0.15) is 4.31 Å². The Morgan fingerprint density at radius 1 is 1.08 bits per heavy atom. The fraction of sp³-hybridized carbons (Fsp3) is 0.462. The van der Waals surface area contributed by atoms with Crippen molar-refractivity contribution < 1.29 is 22.8 Å². The molecule has 2 saturated heterocycles. The number of likely N-dealkylation sites (N-methyl/N-ethyl adjacent to an activating group) is 1. The van der Waals surface area contributed by atoms with Crippen molar-refractivity contribution in [2.24, 2.45) is 0 Å². The van der Waals surface area contributed by atoms with Crippen LogP contribution in [0.3, 0.4) is 0 Å². The Labute approximate surface area is 143 Å². The highest BCUT2D eigenvalue weighted by molar-refractivity contribution is 7.91. The largest absolute Gasteiger partial charge is 0.335 e. The van der Waals surface area contributed by atoms with E-state index in [1.54, 1.807) is 22.4 Å². The Morgan fingerprint density at radius 3 is 2.25 bits per heavy atom. The molecule has 1 aromatic heterocycles. The average molecular weight is 372 g/mol. The van der Waals surface area contributed by atoms with Crippen LogP contribution in [-0.2, 0) is 19.6 Å². The zero-order valence-corrected chi connectivity index (χ0v) is 14.5. The number of nitrogens with zero attached hydrogens (tertiary/aromatic N) is 4. The Balaban J connectivity index is 1.61. The first kappa shape index (κ1) is 17.0. The third-order valence-electron chi connectivity index (χ3n) is 4.01. The fourth-order valence-electron chi connectivity index (χ4n) is 2.59. The van der Waals surface area contributed by atoms with Gasteiger partial charge in [0, 0.05) is 33.2 Å². The summed E-state index contributed by atoms with van der Waals surface area (Å²) in [6.45, 7) is 1.26. The van der Waals surface area contributed by atoms with Crippen molar-refractivity contribution in [3.8, 4) is 0 Å². The first-order valence-corrected chi connectivity index (χ1v) is 9.54. The summed E-state index contributed by atoms with van der Waals surface area (Å²) >= 11 is 1.17. The molecule has 11 heteroatoms. The number of rotatable bonds is 4. The lowest BCUT2D eigenvalue weighted by molar-refractivity contribution is -0.143. The summed E-state index contributed by atoms with van der Waals surface area (Å²) < 4.78 is 26.6. The molecule has 2 aliphatic heterocycles. The molecule has 0 saturated carbocycles. The number of carbonyl (C=O) groups excluding carboxylic acids is 3. The van der Waals surface area contributed by atoms with Gasteiger partial charge in [0.05, 0.1) is 6.67 Å². The second kappa shape index (κ2) is 6.24. The number of hydrogen-bond donors (Lipinski definition) is 0. The highest BCUT2D eigenvalue weighted by atomic mass is 32.2. The van der Waals surface area contributed by atoms with Crippen LogP contribution in [-0.4, -0.2) is 85.2 Å². The van der Waals surface area contributed by atoms with E-state index in [4.69, 9.17) is 0 Å². The predicted molar refractivity (Wildman–Crippen MR) is 84.5 cm³/mol. The van der Waals surface area contributed by atoms with E-state index in [9.17, 15) is 22.8 Å². The van der Waals surface area contributed by atoms with Crippen LogP contribution < -0.4 is 0 Å². The molecule has 130 valence electrons. The van der Waals surface area contributed by atoms with Gasteiger partial charge < -0.3 is 0 Å². The Kier molecular flexibility index (Phi) is 4.42. The van der Waals surface area contributed by atoms with Crippen LogP contribution in [0.1, 0.15) is 0 Å². The smallest absolute Gasteiger partial charge is 0.283 e. The predicted octanol–water partition coefficient (Wildman–Crippen LogP) is -0.567. The fourth-order valence-corrected chi connectivity index (χ4v) is 5.15. The number of carbonyl (C=O) groups is 3. The van der Waals surface area contributed by atoms with E-state index in [0.29, 0.717) is 17.3 Å².